The van der Waals surface area contributed by atoms with Gasteiger partial charge < -0.3 is 20.2 Å². The first kappa shape index (κ1) is 27.9. The van der Waals surface area contributed by atoms with Crippen molar-refractivity contribution in [3.63, 3.8) is 0 Å². The molecule has 0 spiro atoms. The number of amides is 3. The molecule has 3 rings (SSSR count). The fraction of sp³-hybridized carbons (Fsp3) is 0.481. The van der Waals surface area contributed by atoms with Crippen LogP contribution in [-0.2, 0) is 19.8 Å². The zero-order valence-corrected chi connectivity index (χ0v) is 21.2. The smallest absolute Gasteiger partial charge is 0.314 e. The molecule has 1 heterocycles. The molecule has 3 amide bonds. The number of hydrogen-bond donors (Lipinski definition) is 5. The van der Waals surface area contributed by atoms with Gasteiger partial charge in [-0.15, -0.1) is 0 Å². The molecule has 0 radical (unpaired) electrons. The van der Waals surface area contributed by atoms with E-state index in [0.29, 0.717) is 37.0 Å². The van der Waals surface area contributed by atoms with Crippen molar-refractivity contribution in [2.24, 2.45) is 11.8 Å². The van der Waals surface area contributed by atoms with Gasteiger partial charge in [0.25, 0.3) is 5.91 Å². The van der Waals surface area contributed by atoms with Crippen LogP contribution in [-0.4, -0.2) is 40.7 Å². The lowest BCUT2D eigenvalue weighted by atomic mass is 9.84. The van der Waals surface area contributed by atoms with Crippen LogP contribution < -0.4 is 16.1 Å². The monoisotopic (exact) mass is 513 g/mol. The molecule has 0 bridgehead atoms. The summed E-state index contributed by atoms with van der Waals surface area (Å²) in [5.74, 6) is -3.11. The molecular formula is C27H35N3O7. The van der Waals surface area contributed by atoms with Crippen LogP contribution >= 0.6 is 0 Å². The number of unbranched alkanes of at least 4 members (excludes halogenated alkanes) is 2. The van der Waals surface area contributed by atoms with Gasteiger partial charge in [0, 0.05) is 11.5 Å². The summed E-state index contributed by atoms with van der Waals surface area (Å²) in [5.41, 5.74) is 2.32. The second-order valence-corrected chi connectivity index (χ2v) is 9.45. The quantitative estimate of drug-likeness (QED) is 0.112. The van der Waals surface area contributed by atoms with Crippen molar-refractivity contribution in [1.29, 1.82) is 0 Å². The van der Waals surface area contributed by atoms with E-state index in [4.69, 9.17) is 9.62 Å². The predicted molar refractivity (Wildman–Crippen MR) is 135 cm³/mol. The summed E-state index contributed by atoms with van der Waals surface area (Å²) in [6.45, 7) is 3.67. The second-order valence-electron chi connectivity index (χ2n) is 9.45. The molecule has 1 aliphatic carbocycles. The van der Waals surface area contributed by atoms with Crippen LogP contribution in [0.15, 0.2) is 40.8 Å². The van der Waals surface area contributed by atoms with Crippen molar-refractivity contribution >= 4 is 23.7 Å². The van der Waals surface area contributed by atoms with Crippen molar-refractivity contribution < 1.29 is 33.9 Å². The van der Waals surface area contributed by atoms with E-state index in [1.165, 1.54) is 6.07 Å². The SMILES string of the molecule is CCCCC[C@@H](C(=O)NCNC(=O)c1ccc(-c2ccc(C3(C(=O)O)CC3)cc2)o1)[C@@H](CC)C(=O)NO. The fourth-order valence-electron chi connectivity index (χ4n) is 4.61. The summed E-state index contributed by atoms with van der Waals surface area (Å²) >= 11 is 0. The molecule has 0 aliphatic heterocycles. The number of carbonyl (C=O) groups is 4. The Morgan fingerprint density at radius 1 is 0.946 bits per heavy atom. The number of hydroxylamine groups is 1. The highest BCUT2D eigenvalue weighted by Crippen LogP contribution is 2.48. The molecule has 200 valence electrons. The molecule has 10 heteroatoms. The van der Waals surface area contributed by atoms with Crippen LogP contribution in [0.25, 0.3) is 11.3 Å². The van der Waals surface area contributed by atoms with E-state index in [2.05, 4.69) is 10.6 Å². The van der Waals surface area contributed by atoms with Crippen LogP contribution in [0.1, 0.15) is 74.9 Å². The summed E-state index contributed by atoms with van der Waals surface area (Å²) in [5, 5.41) is 23.7. The molecule has 0 saturated heterocycles. The Morgan fingerprint density at radius 2 is 1.65 bits per heavy atom. The summed E-state index contributed by atoms with van der Waals surface area (Å²) in [7, 11) is 0. The molecule has 2 aromatic rings. The maximum atomic E-state index is 12.8. The molecule has 1 saturated carbocycles. The minimum absolute atomic E-state index is 0.0584. The number of hydrogen-bond acceptors (Lipinski definition) is 6. The summed E-state index contributed by atoms with van der Waals surface area (Å²) in [6.07, 6.45) is 4.77. The third-order valence-electron chi connectivity index (χ3n) is 7.05. The van der Waals surface area contributed by atoms with Gasteiger partial charge >= 0.3 is 5.97 Å². The van der Waals surface area contributed by atoms with Gasteiger partial charge in [-0.1, -0.05) is 57.4 Å². The van der Waals surface area contributed by atoms with Crippen molar-refractivity contribution in [1.82, 2.24) is 16.1 Å². The largest absolute Gasteiger partial charge is 0.481 e. The summed E-state index contributed by atoms with van der Waals surface area (Å²) in [6, 6.07) is 10.2. The van der Waals surface area contributed by atoms with Gasteiger partial charge in [-0.05, 0) is 43.4 Å². The molecular weight excluding hydrogens is 478 g/mol. The molecule has 1 aromatic heterocycles. The predicted octanol–water partition coefficient (Wildman–Crippen LogP) is 3.59. The van der Waals surface area contributed by atoms with E-state index in [0.717, 1.165) is 24.8 Å². The Hall–Kier alpha value is -3.66. The number of carbonyl (C=O) groups excluding carboxylic acids is 3. The molecule has 5 N–H and O–H groups in total. The Bertz CT molecular complexity index is 1110. The molecule has 1 aliphatic rings. The summed E-state index contributed by atoms with van der Waals surface area (Å²) in [4.78, 5) is 48.9. The number of benzene rings is 1. The lowest BCUT2D eigenvalue weighted by Gasteiger charge is -2.24. The first-order valence-electron chi connectivity index (χ1n) is 12.7. The van der Waals surface area contributed by atoms with Crippen LogP contribution in [0.3, 0.4) is 0 Å². The maximum Gasteiger partial charge on any atom is 0.314 e. The normalized spacial score (nSPS) is 15.3. The Kier molecular flexibility index (Phi) is 9.46. The van der Waals surface area contributed by atoms with E-state index in [9.17, 15) is 24.3 Å². The zero-order valence-electron chi connectivity index (χ0n) is 21.2. The average molecular weight is 514 g/mol. The van der Waals surface area contributed by atoms with Gasteiger partial charge in [-0.25, -0.2) is 5.48 Å². The van der Waals surface area contributed by atoms with E-state index < -0.39 is 35.0 Å². The average Bonchev–Trinajstić information content (AvgIpc) is 3.57. The first-order chi connectivity index (χ1) is 17.8. The first-order valence-corrected chi connectivity index (χ1v) is 12.7. The minimum Gasteiger partial charge on any atom is -0.481 e. The van der Waals surface area contributed by atoms with Crippen molar-refractivity contribution in [2.45, 2.75) is 64.2 Å². The van der Waals surface area contributed by atoms with Gasteiger partial charge in [0.2, 0.25) is 11.8 Å². The third-order valence-corrected chi connectivity index (χ3v) is 7.05. The number of carboxylic acids is 1. The number of aliphatic carboxylic acids is 1. The molecule has 1 aromatic carbocycles. The second kappa shape index (κ2) is 12.5. The van der Waals surface area contributed by atoms with E-state index in [-0.39, 0.29) is 18.3 Å². The molecule has 0 unspecified atom stereocenters. The highest BCUT2D eigenvalue weighted by molar-refractivity contribution is 5.92. The third kappa shape index (κ3) is 6.56. The lowest BCUT2D eigenvalue weighted by Crippen LogP contribution is -2.44. The van der Waals surface area contributed by atoms with Gasteiger partial charge in [0.15, 0.2) is 5.76 Å². The van der Waals surface area contributed by atoms with Crippen LogP contribution in [0.2, 0.25) is 0 Å². The number of rotatable bonds is 14. The number of carboxylic acid groups (broad SMARTS) is 1. The molecule has 2 atom stereocenters. The zero-order chi connectivity index (χ0) is 27.0. The minimum atomic E-state index is -0.821. The lowest BCUT2D eigenvalue weighted by molar-refractivity contribution is -0.140. The maximum absolute atomic E-state index is 12.8. The highest BCUT2D eigenvalue weighted by Gasteiger charge is 2.51. The topological polar surface area (TPSA) is 158 Å². The van der Waals surface area contributed by atoms with E-state index in [1.54, 1.807) is 42.7 Å². The fourth-order valence-corrected chi connectivity index (χ4v) is 4.61. The molecule has 1 fully saturated rings. The highest BCUT2D eigenvalue weighted by atomic mass is 16.5. The van der Waals surface area contributed by atoms with Crippen molar-refractivity contribution in [3.05, 3.63) is 47.7 Å². The van der Waals surface area contributed by atoms with Crippen LogP contribution in [0.5, 0.6) is 0 Å². The van der Waals surface area contributed by atoms with Gasteiger partial charge in [0.1, 0.15) is 5.76 Å². The van der Waals surface area contributed by atoms with Crippen LogP contribution in [0, 0.1) is 11.8 Å². The van der Waals surface area contributed by atoms with E-state index >= 15 is 0 Å². The Balaban J connectivity index is 1.57. The Labute approximate surface area is 215 Å². The number of nitrogens with one attached hydrogen (secondary N) is 3. The van der Waals surface area contributed by atoms with Gasteiger partial charge in [-0.3, -0.25) is 24.4 Å². The summed E-state index contributed by atoms with van der Waals surface area (Å²) < 4.78 is 5.67. The van der Waals surface area contributed by atoms with E-state index in [1.807, 2.05) is 6.92 Å². The van der Waals surface area contributed by atoms with Crippen LogP contribution in [0.4, 0.5) is 0 Å². The standard InChI is InChI=1S/C27H35N3O7/c1-3-5-6-7-20(19(4-2)24(32)30-36)23(31)28-16-29-25(33)22-13-12-21(37-22)17-8-10-18(11-9-17)27(14-15-27)26(34)35/h8-13,19-20,36H,3-7,14-16H2,1-2H3,(H,28,31)(H,29,33)(H,30,32)(H,34,35)/t19-,20-/m1/s1. The molecule has 10 nitrogen and oxygen atoms in total. The van der Waals surface area contributed by atoms with Gasteiger partial charge in [-0.2, -0.15) is 0 Å². The molecule has 37 heavy (non-hydrogen) atoms. The van der Waals surface area contributed by atoms with Crippen molar-refractivity contribution in [3.8, 4) is 11.3 Å². The van der Waals surface area contributed by atoms with Gasteiger partial charge in [0.05, 0.1) is 18.0 Å². The van der Waals surface area contributed by atoms with Crippen molar-refractivity contribution in [2.75, 3.05) is 6.67 Å². The Morgan fingerprint density at radius 3 is 2.22 bits per heavy atom. The number of furan rings is 1.